The molecule has 5 rings (SSSR count). The zero-order chi connectivity index (χ0) is 24.9. The van der Waals surface area contributed by atoms with E-state index in [1.165, 1.54) is 25.7 Å². The van der Waals surface area contributed by atoms with Gasteiger partial charge in [-0.2, -0.15) is 0 Å². The summed E-state index contributed by atoms with van der Waals surface area (Å²) in [7, 11) is 0. The lowest BCUT2D eigenvalue weighted by atomic mass is 9.74. The normalized spacial score (nSPS) is 26.2. The van der Waals surface area contributed by atoms with Crippen molar-refractivity contribution < 1.29 is 22.3 Å². The minimum atomic E-state index is -1.09. The number of halogens is 4. The van der Waals surface area contributed by atoms with Gasteiger partial charge in [0.2, 0.25) is 0 Å². The molecule has 0 radical (unpaired) electrons. The molecule has 0 spiro atoms. The molecule has 2 unspecified atom stereocenters. The molecule has 0 N–H and O–H groups in total. The number of benzene rings is 2. The van der Waals surface area contributed by atoms with Crippen molar-refractivity contribution in [2.45, 2.75) is 90.6 Å². The lowest BCUT2D eigenvalue weighted by molar-refractivity contribution is -0.0416. The maximum absolute atomic E-state index is 15.4. The molecular weight excluding hydrogens is 452 g/mol. The Kier molecular flexibility index (Phi) is 7.00. The minimum absolute atomic E-state index is 0.105. The maximum atomic E-state index is 15.4. The fraction of sp³-hybridized carbons (Fsp3) is 0.600. The quantitative estimate of drug-likeness (QED) is 0.326. The van der Waals surface area contributed by atoms with Crippen LogP contribution >= 0.6 is 0 Å². The van der Waals surface area contributed by atoms with Crippen LogP contribution in [0.2, 0.25) is 0 Å². The largest absolute Gasteiger partial charge is 0.373 e. The molecule has 190 valence electrons. The van der Waals surface area contributed by atoms with Gasteiger partial charge >= 0.3 is 0 Å². The molecule has 1 nitrogen and oxygen atoms in total. The number of hydrogen-bond acceptors (Lipinski definition) is 1. The second-order valence-electron chi connectivity index (χ2n) is 11.1. The lowest BCUT2D eigenvalue weighted by Crippen LogP contribution is -2.29. The highest BCUT2D eigenvalue weighted by molar-refractivity contribution is 5.79. The summed E-state index contributed by atoms with van der Waals surface area (Å²) in [5.41, 5.74) is 1.35. The smallest absolute Gasteiger partial charge is 0.167 e. The standard InChI is InChI=1S/C30H36F4O/c1-4-17(5-2)22-13-20-12-21-14-23(28(32)30(34)26(21)25(20)29(33)27(22)31)24-11-10-19(15-35-24)18-8-6-16(3)7-9-18/h13-14,16-19,24H,4-12,15H2,1-3H3. The predicted octanol–water partition coefficient (Wildman–Crippen LogP) is 9.01. The van der Waals surface area contributed by atoms with Crippen LogP contribution in [0.15, 0.2) is 12.1 Å². The summed E-state index contributed by atoms with van der Waals surface area (Å²) in [5.74, 6) is -2.25. The van der Waals surface area contributed by atoms with Crippen LogP contribution in [-0.2, 0) is 11.2 Å². The first-order valence-electron chi connectivity index (χ1n) is 13.5. The highest BCUT2D eigenvalue weighted by Gasteiger charge is 2.36. The lowest BCUT2D eigenvalue weighted by Gasteiger charge is -2.37. The van der Waals surface area contributed by atoms with Gasteiger partial charge in [0.15, 0.2) is 23.3 Å². The van der Waals surface area contributed by atoms with Gasteiger partial charge in [-0.05, 0) is 91.4 Å². The Morgan fingerprint density at radius 3 is 1.97 bits per heavy atom. The maximum Gasteiger partial charge on any atom is 0.167 e. The van der Waals surface area contributed by atoms with E-state index in [1.54, 1.807) is 12.1 Å². The third-order valence-corrected chi connectivity index (χ3v) is 9.07. The summed E-state index contributed by atoms with van der Waals surface area (Å²) in [6.45, 7) is 6.76. The number of fused-ring (bicyclic) bond motifs is 3. The van der Waals surface area contributed by atoms with Crippen molar-refractivity contribution in [2.75, 3.05) is 6.61 Å². The highest BCUT2D eigenvalue weighted by Crippen LogP contribution is 2.47. The molecule has 0 aromatic heterocycles. The van der Waals surface area contributed by atoms with E-state index in [1.807, 2.05) is 13.8 Å². The molecule has 2 aliphatic carbocycles. The number of hydrogen-bond donors (Lipinski definition) is 0. The second kappa shape index (κ2) is 9.88. The van der Waals surface area contributed by atoms with Crippen LogP contribution in [0, 0.1) is 41.0 Å². The topological polar surface area (TPSA) is 9.23 Å². The molecule has 5 heteroatoms. The van der Waals surface area contributed by atoms with E-state index in [4.69, 9.17) is 4.74 Å². The number of ether oxygens (including phenoxy) is 1. The molecule has 1 saturated heterocycles. The molecule has 2 atom stereocenters. The molecule has 35 heavy (non-hydrogen) atoms. The summed E-state index contributed by atoms with van der Waals surface area (Å²) >= 11 is 0. The van der Waals surface area contributed by atoms with Crippen LogP contribution < -0.4 is 0 Å². The van der Waals surface area contributed by atoms with E-state index in [0.29, 0.717) is 54.4 Å². The molecule has 2 fully saturated rings. The summed E-state index contributed by atoms with van der Waals surface area (Å²) in [4.78, 5) is 0. The van der Waals surface area contributed by atoms with Gasteiger partial charge in [0.05, 0.1) is 12.7 Å². The molecular formula is C30H36F4O. The van der Waals surface area contributed by atoms with E-state index in [-0.39, 0.29) is 29.0 Å². The molecule has 0 amide bonds. The highest BCUT2D eigenvalue weighted by atomic mass is 19.2. The molecule has 3 aliphatic rings. The fourth-order valence-electron chi connectivity index (χ4n) is 6.83. The molecule has 2 aromatic carbocycles. The van der Waals surface area contributed by atoms with Gasteiger partial charge in [0, 0.05) is 16.7 Å². The van der Waals surface area contributed by atoms with Crippen LogP contribution in [0.4, 0.5) is 17.6 Å². The average molecular weight is 489 g/mol. The summed E-state index contributed by atoms with van der Waals surface area (Å²) < 4.78 is 67.0. The summed E-state index contributed by atoms with van der Waals surface area (Å²) in [5, 5.41) is 0. The van der Waals surface area contributed by atoms with E-state index in [0.717, 1.165) is 12.3 Å². The summed E-state index contributed by atoms with van der Waals surface area (Å²) in [6, 6.07) is 3.30. The Labute approximate surface area is 206 Å². The Bertz CT molecular complexity index is 1090. The Morgan fingerprint density at radius 2 is 1.37 bits per heavy atom. The van der Waals surface area contributed by atoms with Gasteiger partial charge in [0.25, 0.3) is 0 Å². The molecule has 1 saturated carbocycles. The van der Waals surface area contributed by atoms with Crippen molar-refractivity contribution in [3.63, 3.8) is 0 Å². The van der Waals surface area contributed by atoms with Crippen molar-refractivity contribution in [2.24, 2.45) is 17.8 Å². The van der Waals surface area contributed by atoms with Gasteiger partial charge in [-0.1, -0.05) is 39.7 Å². The van der Waals surface area contributed by atoms with Gasteiger partial charge < -0.3 is 4.74 Å². The molecule has 0 bridgehead atoms. The number of rotatable bonds is 5. The Hall–Kier alpha value is -1.88. The SMILES string of the molecule is CCC(CC)c1cc2c(c(F)c1F)-c1c(cc(C3CCC(C4CCC(C)CC4)CO3)c(F)c1F)C2. The third kappa shape index (κ3) is 4.32. The molecule has 2 aromatic rings. The summed E-state index contributed by atoms with van der Waals surface area (Å²) in [6.07, 6.45) is 7.70. The molecule has 1 heterocycles. The van der Waals surface area contributed by atoms with E-state index in [9.17, 15) is 4.39 Å². The van der Waals surface area contributed by atoms with Gasteiger partial charge in [-0.15, -0.1) is 0 Å². The van der Waals surface area contributed by atoms with Crippen LogP contribution in [0.25, 0.3) is 11.1 Å². The van der Waals surface area contributed by atoms with Crippen molar-refractivity contribution in [3.8, 4) is 11.1 Å². The molecule has 1 aliphatic heterocycles. The van der Waals surface area contributed by atoms with Gasteiger partial charge in [-0.3, -0.25) is 0 Å². The second-order valence-corrected chi connectivity index (χ2v) is 11.1. The van der Waals surface area contributed by atoms with Crippen molar-refractivity contribution in [1.29, 1.82) is 0 Å². The average Bonchev–Trinajstić information content (AvgIpc) is 3.24. The zero-order valence-electron chi connectivity index (χ0n) is 21.0. The van der Waals surface area contributed by atoms with Gasteiger partial charge in [0.1, 0.15) is 0 Å². The van der Waals surface area contributed by atoms with Crippen molar-refractivity contribution >= 4 is 0 Å². The van der Waals surface area contributed by atoms with Crippen molar-refractivity contribution in [1.82, 2.24) is 0 Å². The first-order valence-corrected chi connectivity index (χ1v) is 13.5. The van der Waals surface area contributed by atoms with E-state index in [2.05, 4.69) is 6.92 Å². The van der Waals surface area contributed by atoms with E-state index >= 15 is 13.2 Å². The first kappa shape index (κ1) is 24.8. The zero-order valence-corrected chi connectivity index (χ0v) is 21.0. The minimum Gasteiger partial charge on any atom is -0.373 e. The third-order valence-electron chi connectivity index (χ3n) is 9.07. The van der Waals surface area contributed by atoms with E-state index < -0.39 is 29.4 Å². The van der Waals surface area contributed by atoms with Crippen molar-refractivity contribution in [3.05, 3.63) is 57.7 Å². The van der Waals surface area contributed by atoms with Crippen LogP contribution in [-0.4, -0.2) is 6.61 Å². The Morgan fingerprint density at radius 1 is 0.771 bits per heavy atom. The van der Waals surface area contributed by atoms with Crippen LogP contribution in [0.1, 0.15) is 106 Å². The predicted molar refractivity (Wildman–Crippen MR) is 130 cm³/mol. The van der Waals surface area contributed by atoms with Crippen LogP contribution in [0.5, 0.6) is 0 Å². The fourth-order valence-corrected chi connectivity index (χ4v) is 6.83. The Balaban J connectivity index is 1.41. The first-order chi connectivity index (χ1) is 16.8. The van der Waals surface area contributed by atoms with Crippen LogP contribution in [0.3, 0.4) is 0 Å². The van der Waals surface area contributed by atoms with Gasteiger partial charge in [-0.25, -0.2) is 17.6 Å². The monoisotopic (exact) mass is 488 g/mol.